The van der Waals surface area contributed by atoms with Gasteiger partial charge in [0.15, 0.2) is 0 Å². The minimum atomic E-state index is -3.01. The summed E-state index contributed by atoms with van der Waals surface area (Å²) in [6, 6.07) is 4.18. The summed E-state index contributed by atoms with van der Waals surface area (Å²) in [6.07, 6.45) is 1.86. The lowest BCUT2D eigenvalue weighted by Gasteiger charge is -2.08. The molecule has 0 unspecified atom stereocenters. The van der Waals surface area contributed by atoms with Gasteiger partial charge in [0.1, 0.15) is 5.75 Å². The minimum absolute atomic E-state index is 0.150. The molecule has 18 heavy (non-hydrogen) atoms. The third-order valence-electron chi connectivity index (χ3n) is 1.81. The van der Waals surface area contributed by atoms with Crippen molar-refractivity contribution in [2.75, 3.05) is 0 Å². The molecule has 1 N–H and O–H groups in total. The standard InChI is InChI=1S/C11H7BrF2O4/c12-7-2-4-9(18-11(13)14)6(5-7)1-3-8(15)10(16)17/h1-5,11H,(H,16,17)/b3-1+. The molecule has 0 aliphatic rings. The number of alkyl halides is 2. The fourth-order valence-electron chi connectivity index (χ4n) is 1.09. The molecular formula is C11H7BrF2O4. The number of benzene rings is 1. The molecule has 0 saturated carbocycles. The van der Waals surface area contributed by atoms with Gasteiger partial charge in [-0.2, -0.15) is 8.78 Å². The molecule has 0 amide bonds. The average molecular weight is 321 g/mol. The summed E-state index contributed by atoms with van der Waals surface area (Å²) in [5.74, 6) is -2.93. The van der Waals surface area contributed by atoms with Crippen LogP contribution in [0.2, 0.25) is 0 Å². The lowest BCUT2D eigenvalue weighted by molar-refractivity contribution is -0.146. The number of carboxylic acid groups (broad SMARTS) is 1. The normalized spacial score (nSPS) is 10.9. The summed E-state index contributed by atoms with van der Waals surface area (Å²) in [5, 5.41) is 8.37. The molecule has 1 rings (SSSR count). The first-order chi connectivity index (χ1) is 8.40. The lowest BCUT2D eigenvalue weighted by atomic mass is 10.1. The summed E-state index contributed by atoms with van der Waals surface area (Å²) in [7, 11) is 0. The Bertz CT molecular complexity index is 500. The van der Waals surface area contributed by atoms with Crippen LogP contribution in [-0.4, -0.2) is 23.5 Å². The van der Waals surface area contributed by atoms with E-state index in [1.165, 1.54) is 18.2 Å². The Hall–Kier alpha value is -1.76. The number of aliphatic carboxylic acids is 1. The van der Waals surface area contributed by atoms with Crippen LogP contribution in [0.4, 0.5) is 8.78 Å². The summed E-state index contributed by atoms with van der Waals surface area (Å²) < 4.78 is 29.0. The second-order valence-corrected chi connectivity index (χ2v) is 3.98. The van der Waals surface area contributed by atoms with E-state index in [2.05, 4.69) is 20.7 Å². The first kappa shape index (κ1) is 14.3. The van der Waals surface area contributed by atoms with Crippen molar-refractivity contribution in [3.63, 3.8) is 0 Å². The van der Waals surface area contributed by atoms with E-state index in [4.69, 9.17) is 5.11 Å². The van der Waals surface area contributed by atoms with Crippen LogP contribution in [0.3, 0.4) is 0 Å². The maximum absolute atomic E-state index is 12.1. The lowest BCUT2D eigenvalue weighted by Crippen LogP contribution is -2.08. The monoisotopic (exact) mass is 320 g/mol. The van der Waals surface area contributed by atoms with E-state index in [0.29, 0.717) is 4.47 Å². The highest BCUT2D eigenvalue weighted by Gasteiger charge is 2.10. The molecule has 0 fully saturated rings. The van der Waals surface area contributed by atoms with Crippen molar-refractivity contribution in [3.8, 4) is 5.75 Å². The first-order valence-corrected chi connectivity index (χ1v) is 5.39. The summed E-state index contributed by atoms with van der Waals surface area (Å²) >= 11 is 3.12. The molecule has 0 bridgehead atoms. The molecular weight excluding hydrogens is 314 g/mol. The Balaban J connectivity index is 3.02. The van der Waals surface area contributed by atoms with Crippen LogP contribution >= 0.6 is 15.9 Å². The van der Waals surface area contributed by atoms with Crippen molar-refractivity contribution in [1.82, 2.24) is 0 Å². The predicted molar refractivity (Wildman–Crippen MR) is 62.5 cm³/mol. The van der Waals surface area contributed by atoms with Crippen molar-refractivity contribution in [2.24, 2.45) is 0 Å². The summed E-state index contributed by atoms with van der Waals surface area (Å²) in [6.45, 7) is -3.01. The molecule has 96 valence electrons. The topological polar surface area (TPSA) is 63.6 Å². The van der Waals surface area contributed by atoms with Crippen molar-refractivity contribution in [2.45, 2.75) is 6.61 Å². The average Bonchev–Trinajstić information content (AvgIpc) is 2.28. The molecule has 4 nitrogen and oxygen atoms in total. The van der Waals surface area contributed by atoms with E-state index < -0.39 is 18.4 Å². The van der Waals surface area contributed by atoms with Gasteiger partial charge in [0.2, 0.25) is 0 Å². The highest BCUT2D eigenvalue weighted by molar-refractivity contribution is 9.10. The Morgan fingerprint density at radius 3 is 2.61 bits per heavy atom. The third kappa shape index (κ3) is 4.25. The number of ether oxygens (including phenoxy) is 1. The zero-order valence-corrected chi connectivity index (χ0v) is 10.4. The van der Waals surface area contributed by atoms with Gasteiger partial charge in [-0.05, 0) is 30.4 Å². The van der Waals surface area contributed by atoms with E-state index >= 15 is 0 Å². The second-order valence-electron chi connectivity index (χ2n) is 3.06. The molecule has 1 aromatic rings. The fourth-order valence-corrected chi connectivity index (χ4v) is 1.47. The largest absolute Gasteiger partial charge is 0.475 e. The molecule has 0 saturated heterocycles. The van der Waals surface area contributed by atoms with Gasteiger partial charge in [-0.25, -0.2) is 4.79 Å². The highest BCUT2D eigenvalue weighted by Crippen LogP contribution is 2.25. The molecule has 0 heterocycles. The van der Waals surface area contributed by atoms with Gasteiger partial charge in [0.05, 0.1) is 0 Å². The smallest absolute Gasteiger partial charge is 0.387 e. The van der Waals surface area contributed by atoms with Crippen LogP contribution < -0.4 is 4.74 Å². The van der Waals surface area contributed by atoms with E-state index in [9.17, 15) is 18.4 Å². The van der Waals surface area contributed by atoms with Gasteiger partial charge in [-0.3, -0.25) is 4.79 Å². The predicted octanol–water partition coefficient (Wildman–Crippen LogP) is 2.72. The number of hydrogen-bond acceptors (Lipinski definition) is 3. The second kappa shape index (κ2) is 6.25. The fraction of sp³-hybridized carbons (Fsp3) is 0.0909. The molecule has 0 radical (unpaired) electrons. The van der Waals surface area contributed by atoms with Crippen LogP contribution in [-0.2, 0) is 9.59 Å². The molecule has 1 aromatic carbocycles. The van der Waals surface area contributed by atoms with Crippen LogP contribution in [0.1, 0.15) is 5.56 Å². The van der Waals surface area contributed by atoms with E-state index in [1.807, 2.05) is 0 Å². The van der Waals surface area contributed by atoms with Gasteiger partial charge >= 0.3 is 12.6 Å². The number of carbonyl (C=O) groups is 2. The molecule has 0 aliphatic carbocycles. The van der Waals surface area contributed by atoms with Crippen LogP contribution in [0.5, 0.6) is 5.75 Å². The molecule has 0 spiro atoms. The number of ketones is 1. The van der Waals surface area contributed by atoms with Crippen molar-refractivity contribution in [1.29, 1.82) is 0 Å². The van der Waals surface area contributed by atoms with E-state index in [-0.39, 0.29) is 11.3 Å². The Morgan fingerprint density at radius 1 is 1.39 bits per heavy atom. The minimum Gasteiger partial charge on any atom is -0.475 e. The first-order valence-electron chi connectivity index (χ1n) is 4.60. The number of halogens is 3. The number of rotatable bonds is 5. The Morgan fingerprint density at radius 2 is 2.06 bits per heavy atom. The number of carboxylic acids is 1. The molecule has 0 aliphatic heterocycles. The molecule has 0 atom stereocenters. The van der Waals surface area contributed by atoms with Crippen molar-refractivity contribution < 1.29 is 28.2 Å². The van der Waals surface area contributed by atoms with Crippen LogP contribution in [0, 0.1) is 0 Å². The maximum atomic E-state index is 12.1. The Labute approximate surface area is 109 Å². The van der Waals surface area contributed by atoms with Crippen LogP contribution in [0.15, 0.2) is 28.7 Å². The zero-order valence-electron chi connectivity index (χ0n) is 8.77. The van der Waals surface area contributed by atoms with Gasteiger partial charge in [-0.1, -0.05) is 15.9 Å². The van der Waals surface area contributed by atoms with Gasteiger partial charge in [-0.15, -0.1) is 0 Å². The maximum Gasteiger partial charge on any atom is 0.387 e. The summed E-state index contributed by atoms with van der Waals surface area (Å²) in [4.78, 5) is 21.1. The third-order valence-corrected chi connectivity index (χ3v) is 2.31. The van der Waals surface area contributed by atoms with Gasteiger partial charge in [0, 0.05) is 10.0 Å². The highest BCUT2D eigenvalue weighted by atomic mass is 79.9. The van der Waals surface area contributed by atoms with E-state index in [1.54, 1.807) is 0 Å². The SMILES string of the molecule is O=C(O)C(=O)/C=C/c1cc(Br)ccc1OC(F)F. The molecule has 0 aromatic heterocycles. The van der Waals surface area contributed by atoms with Gasteiger partial charge < -0.3 is 9.84 Å². The van der Waals surface area contributed by atoms with Crippen molar-refractivity contribution >= 4 is 33.8 Å². The number of carbonyl (C=O) groups excluding carboxylic acids is 1. The Kier molecular flexibility index (Phi) is 4.96. The summed E-state index contributed by atoms with van der Waals surface area (Å²) in [5.41, 5.74) is 0.166. The van der Waals surface area contributed by atoms with Crippen LogP contribution in [0.25, 0.3) is 6.08 Å². The number of hydrogen-bond donors (Lipinski definition) is 1. The quantitative estimate of drug-likeness (QED) is 0.669. The van der Waals surface area contributed by atoms with Crippen molar-refractivity contribution in [3.05, 3.63) is 34.3 Å². The van der Waals surface area contributed by atoms with E-state index in [0.717, 1.165) is 12.2 Å². The van der Waals surface area contributed by atoms with Gasteiger partial charge in [0.25, 0.3) is 5.78 Å². The zero-order chi connectivity index (χ0) is 13.7. The molecule has 7 heteroatoms.